The molecule has 0 saturated heterocycles. The molecule has 0 aromatic rings. The molecule has 0 heterocycles. The summed E-state index contributed by atoms with van der Waals surface area (Å²) in [5.41, 5.74) is 0. The zero-order valence-corrected chi connectivity index (χ0v) is 3.52. The number of hydrogen-bond acceptors (Lipinski definition) is 0. The van der Waals surface area contributed by atoms with E-state index in [1.54, 1.807) is 0 Å². The minimum absolute atomic E-state index is 0. The molecule has 0 aliphatic carbocycles. The van der Waals surface area contributed by atoms with E-state index in [0.29, 0.717) is 0 Å². The first kappa shape index (κ1) is 34.4. The van der Waals surface area contributed by atoms with Gasteiger partial charge < -0.3 is 0 Å². The van der Waals surface area contributed by atoms with E-state index in [0.717, 1.165) is 0 Å². The van der Waals surface area contributed by atoms with Crippen molar-refractivity contribution < 1.29 is 38.8 Å². The van der Waals surface area contributed by atoms with Crippen molar-refractivity contribution in [2.75, 3.05) is 0 Å². The van der Waals surface area contributed by atoms with Crippen molar-refractivity contribution in [2.45, 2.75) is 0 Å². The molecule has 0 unspecified atom stereocenters. The Bertz CT molecular complexity index is 8.00. The molecule has 0 N–H and O–H groups in total. The fraction of sp³-hybridized carbons (Fsp3) is 0. The van der Waals surface area contributed by atoms with Gasteiger partial charge in [-0.3, -0.25) is 0 Å². The summed E-state index contributed by atoms with van der Waals surface area (Å²) < 4.78 is 0. The van der Waals surface area contributed by atoms with Gasteiger partial charge in [-0.2, -0.15) is 0 Å². The van der Waals surface area contributed by atoms with Gasteiger partial charge in [-0.25, -0.2) is 0 Å². The Morgan fingerprint density at radius 2 is 1.00 bits per heavy atom. The summed E-state index contributed by atoms with van der Waals surface area (Å²) in [6.45, 7) is 0. The SMILES string of the molecule is [Fe].[MgH2].[SiH4].[Ti]. The summed E-state index contributed by atoms with van der Waals surface area (Å²) in [7, 11) is 0. The summed E-state index contributed by atoms with van der Waals surface area (Å²) in [5, 5.41) is 0. The van der Waals surface area contributed by atoms with E-state index in [2.05, 4.69) is 0 Å². The van der Waals surface area contributed by atoms with Crippen molar-refractivity contribution in [3.8, 4) is 0 Å². The second kappa shape index (κ2) is 18.9. The third kappa shape index (κ3) is 8.88. The van der Waals surface area contributed by atoms with Crippen LogP contribution in [0.1, 0.15) is 0 Å². The molecule has 0 nitrogen and oxygen atoms in total. The van der Waals surface area contributed by atoms with E-state index in [4.69, 9.17) is 0 Å². The molecule has 0 aliphatic rings. The molecule has 0 aliphatic heterocycles. The Labute approximate surface area is 72.0 Å². The Morgan fingerprint density at radius 3 is 1.00 bits per heavy atom. The largest absolute Gasteiger partial charge is 0.316 e. The van der Waals surface area contributed by atoms with E-state index in [1.165, 1.54) is 0 Å². The molecule has 0 aromatic carbocycles. The Morgan fingerprint density at radius 1 is 1.00 bits per heavy atom. The van der Waals surface area contributed by atoms with Crippen molar-refractivity contribution in [3.05, 3.63) is 0 Å². The van der Waals surface area contributed by atoms with Crippen LogP contribution in [0.5, 0.6) is 0 Å². The van der Waals surface area contributed by atoms with Crippen molar-refractivity contribution in [1.82, 2.24) is 0 Å². The second-order valence-electron chi connectivity index (χ2n) is 0. The van der Waals surface area contributed by atoms with Crippen LogP contribution in [0.4, 0.5) is 0 Å². The smallest absolute Gasteiger partial charge is 0.0149 e. The maximum absolute atomic E-state index is 0. The van der Waals surface area contributed by atoms with Gasteiger partial charge in [-0.15, -0.1) is 0 Å². The van der Waals surface area contributed by atoms with E-state index in [9.17, 15) is 0 Å². The van der Waals surface area contributed by atoms with Crippen molar-refractivity contribution in [2.24, 2.45) is 0 Å². The van der Waals surface area contributed by atoms with Crippen LogP contribution in [0, 0.1) is 0 Å². The first-order valence-corrected chi connectivity index (χ1v) is 0. The normalized spacial score (nSPS) is 0. The Kier molecular flexibility index (Phi) is 162. The van der Waals surface area contributed by atoms with Crippen LogP contribution in [0.15, 0.2) is 0 Å². The van der Waals surface area contributed by atoms with Crippen LogP contribution in [0.25, 0.3) is 0 Å². The van der Waals surface area contributed by atoms with Crippen LogP contribution < -0.4 is 0 Å². The maximum Gasteiger partial charge on any atom is 0.316 e. The van der Waals surface area contributed by atoms with Crippen LogP contribution >= 0.6 is 0 Å². The summed E-state index contributed by atoms with van der Waals surface area (Å²) in [5.74, 6) is 0. The van der Waals surface area contributed by atoms with Crippen LogP contribution in [-0.2, 0) is 38.8 Å². The summed E-state index contributed by atoms with van der Waals surface area (Å²) in [4.78, 5) is 0. The molecule has 24 valence electrons. The third-order valence-corrected chi connectivity index (χ3v) is 0. The predicted octanol–water partition coefficient (Wildman–Crippen LogP) is -2.37. The van der Waals surface area contributed by atoms with E-state index in [-0.39, 0.29) is 72.8 Å². The van der Waals surface area contributed by atoms with Crippen molar-refractivity contribution in [1.29, 1.82) is 0 Å². The minimum Gasteiger partial charge on any atom is -0.0149 e. The van der Waals surface area contributed by atoms with Crippen LogP contribution in [-0.4, -0.2) is 34.0 Å². The number of rotatable bonds is 0. The summed E-state index contributed by atoms with van der Waals surface area (Å²) in [6, 6.07) is 0. The van der Waals surface area contributed by atoms with Gasteiger partial charge in [-0.1, -0.05) is 0 Å². The van der Waals surface area contributed by atoms with Gasteiger partial charge in [0, 0.05) is 38.8 Å². The molecule has 0 rings (SSSR count). The zero-order chi connectivity index (χ0) is 0. The number of hydrogen-bond donors (Lipinski definition) is 0. The van der Waals surface area contributed by atoms with Gasteiger partial charge in [0.2, 0.25) is 0 Å². The fourth-order valence-corrected chi connectivity index (χ4v) is 0. The first-order chi connectivity index (χ1) is 0. The molecule has 0 radical (unpaired) electrons. The second-order valence-corrected chi connectivity index (χ2v) is 0. The topological polar surface area (TPSA) is 0 Å². The molecule has 0 atom stereocenters. The molecule has 0 fully saturated rings. The van der Waals surface area contributed by atoms with Gasteiger partial charge in [0.25, 0.3) is 0 Å². The molecular formula is H6FeMgSiTi. The van der Waals surface area contributed by atoms with Gasteiger partial charge in [-0.05, 0) is 11.0 Å². The standard InChI is InChI=1S/Fe.Mg.H4Si.Ti.2H/h;;1H4;;;. The van der Waals surface area contributed by atoms with Crippen LogP contribution in [0.3, 0.4) is 0 Å². The van der Waals surface area contributed by atoms with E-state index in [1.807, 2.05) is 0 Å². The Hall–Kier alpha value is 2.22. The Balaban J connectivity index is 0. The molecule has 0 saturated carbocycles. The minimum atomic E-state index is 0. The summed E-state index contributed by atoms with van der Waals surface area (Å²) in [6.07, 6.45) is 0. The molecule has 0 aromatic heterocycles. The molecule has 4 heteroatoms. The van der Waals surface area contributed by atoms with Gasteiger partial charge in [0.05, 0.1) is 0 Å². The van der Waals surface area contributed by atoms with Crippen molar-refractivity contribution >= 4 is 34.0 Å². The average Bonchev–Trinajstić information content (AvgIpc) is 0. The molecule has 0 spiro atoms. The fourth-order valence-electron chi connectivity index (χ4n) is 0. The van der Waals surface area contributed by atoms with E-state index >= 15 is 0 Å². The van der Waals surface area contributed by atoms with Gasteiger partial charge in [0.1, 0.15) is 0 Å². The van der Waals surface area contributed by atoms with E-state index < -0.39 is 0 Å². The third-order valence-electron chi connectivity index (χ3n) is 0. The predicted molar refractivity (Wildman–Crippen MR) is 19.9 cm³/mol. The van der Waals surface area contributed by atoms with Gasteiger partial charge >= 0.3 is 23.1 Å². The zero-order valence-electron chi connectivity index (χ0n) is 0.854. The maximum atomic E-state index is 0. The summed E-state index contributed by atoms with van der Waals surface area (Å²) >= 11 is 0. The van der Waals surface area contributed by atoms with Gasteiger partial charge in [0.15, 0.2) is 0 Å². The van der Waals surface area contributed by atoms with Crippen molar-refractivity contribution in [3.63, 3.8) is 0 Å². The monoisotopic (exact) mass is 162 g/mol. The molecule has 0 bridgehead atoms. The average molecular weight is 162 g/mol. The molecule has 0 amide bonds. The molecular weight excluding hydrogens is 156 g/mol. The first-order valence-electron chi connectivity index (χ1n) is 0. The van der Waals surface area contributed by atoms with Crippen LogP contribution in [0.2, 0.25) is 0 Å². The molecule has 4 heavy (non-hydrogen) atoms. The quantitative estimate of drug-likeness (QED) is 0.349.